The number of benzene rings is 2. The summed E-state index contributed by atoms with van der Waals surface area (Å²) in [5.74, 6) is 0.959. The van der Waals surface area contributed by atoms with Crippen LogP contribution in [0.3, 0.4) is 0 Å². The van der Waals surface area contributed by atoms with Gasteiger partial charge in [-0.1, -0.05) is 29.0 Å². The molecule has 1 fully saturated rings. The van der Waals surface area contributed by atoms with E-state index in [1.807, 2.05) is 4.90 Å². The Morgan fingerprint density at radius 3 is 2.66 bits per heavy atom. The monoisotopic (exact) mass is 429 g/mol. The number of nitrogens with zero attached hydrogens (tertiary/aromatic N) is 3. The molecule has 1 aliphatic heterocycles. The zero-order valence-corrected chi connectivity index (χ0v) is 18.1. The van der Waals surface area contributed by atoms with E-state index in [1.54, 1.807) is 17.8 Å². The maximum atomic E-state index is 13.4. The molecular formula is C22H24FN3OS2. The average molecular weight is 430 g/mol. The number of halogens is 1. The lowest BCUT2D eigenvalue weighted by atomic mass is 10.2. The molecule has 0 bridgehead atoms. The van der Waals surface area contributed by atoms with E-state index in [9.17, 15) is 9.18 Å². The third-order valence-corrected chi connectivity index (χ3v) is 7.24. The van der Waals surface area contributed by atoms with Crippen molar-refractivity contribution >= 4 is 44.4 Å². The number of thioether (sulfide) groups is 1. The lowest BCUT2D eigenvalue weighted by Crippen LogP contribution is -2.48. The summed E-state index contributed by atoms with van der Waals surface area (Å²) in [6.45, 7) is 5.06. The molecule has 3 aromatic rings. The molecular weight excluding hydrogens is 405 g/mol. The Balaban J connectivity index is 1.22. The SMILES string of the molecule is Cc1ccc(SCCCC(=O)N2CCN(c3nc4ccc(F)cc4s3)CC2)cc1. The van der Waals surface area contributed by atoms with Gasteiger partial charge in [-0.2, -0.15) is 0 Å². The van der Waals surface area contributed by atoms with Crippen molar-refractivity contribution in [2.75, 3.05) is 36.8 Å². The van der Waals surface area contributed by atoms with E-state index in [1.165, 1.54) is 33.9 Å². The van der Waals surface area contributed by atoms with Crippen molar-refractivity contribution in [3.63, 3.8) is 0 Å². The number of aryl methyl sites for hydroxylation is 1. The Hall–Kier alpha value is -2.12. The second-order valence-corrected chi connectivity index (χ2v) is 9.42. The van der Waals surface area contributed by atoms with Gasteiger partial charge in [-0.15, -0.1) is 11.8 Å². The number of rotatable bonds is 6. The summed E-state index contributed by atoms with van der Waals surface area (Å²) >= 11 is 3.32. The van der Waals surface area contributed by atoms with E-state index in [0.29, 0.717) is 19.5 Å². The van der Waals surface area contributed by atoms with E-state index in [0.717, 1.165) is 40.6 Å². The van der Waals surface area contributed by atoms with Crippen molar-refractivity contribution in [3.05, 3.63) is 53.8 Å². The van der Waals surface area contributed by atoms with Crippen LogP contribution in [0.2, 0.25) is 0 Å². The summed E-state index contributed by atoms with van der Waals surface area (Å²) in [5, 5.41) is 0.909. The third-order valence-electron chi connectivity index (χ3n) is 5.07. The van der Waals surface area contributed by atoms with E-state index < -0.39 is 0 Å². The van der Waals surface area contributed by atoms with Gasteiger partial charge >= 0.3 is 0 Å². The van der Waals surface area contributed by atoms with Gasteiger partial charge in [0.25, 0.3) is 0 Å². The fourth-order valence-electron chi connectivity index (χ4n) is 3.37. The minimum Gasteiger partial charge on any atom is -0.345 e. The van der Waals surface area contributed by atoms with Crippen LogP contribution in [0.1, 0.15) is 18.4 Å². The number of piperazine rings is 1. The van der Waals surface area contributed by atoms with Crippen LogP contribution >= 0.6 is 23.1 Å². The van der Waals surface area contributed by atoms with Crippen LogP contribution in [0.15, 0.2) is 47.4 Å². The zero-order chi connectivity index (χ0) is 20.2. The summed E-state index contributed by atoms with van der Waals surface area (Å²) < 4.78 is 14.3. The summed E-state index contributed by atoms with van der Waals surface area (Å²) in [5.41, 5.74) is 2.10. The van der Waals surface area contributed by atoms with Gasteiger partial charge in [-0.05, 0) is 49.4 Å². The molecule has 0 atom stereocenters. The number of anilines is 1. The molecule has 1 saturated heterocycles. The van der Waals surface area contributed by atoms with Crippen molar-refractivity contribution in [1.82, 2.24) is 9.88 Å². The number of fused-ring (bicyclic) bond motifs is 1. The highest BCUT2D eigenvalue weighted by molar-refractivity contribution is 7.99. The standard InChI is InChI=1S/C22H24FN3OS2/c1-16-4-7-18(8-5-16)28-14-2-3-21(27)25-10-12-26(13-11-25)22-24-19-9-6-17(23)15-20(19)29-22/h4-9,15H,2-3,10-14H2,1H3. The number of amides is 1. The van der Waals surface area contributed by atoms with E-state index in [-0.39, 0.29) is 11.7 Å². The maximum Gasteiger partial charge on any atom is 0.222 e. The number of aromatic nitrogens is 1. The molecule has 152 valence electrons. The molecule has 0 N–H and O–H groups in total. The minimum atomic E-state index is -0.233. The molecule has 2 aromatic carbocycles. The second-order valence-electron chi connectivity index (χ2n) is 7.24. The summed E-state index contributed by atoms with van der Waals surface area (Å²) in [6, 6.07) is 13.2. The molecule has 29 heavy (non-hydrogen) atoms. The van der Waals surface area contributed by atoms with Crippen LogP contribution in [-0.2, 0) is 4.79 Å². The Morgan fingerprint density at radius 2 is 1.90 bits per heavy atom. The zero-order valence-electron chi connectivity index (χ0n) is 16.4. The van der Waals surface area contributed by atoms with Crippen LogP contribution in [0, 0.1) is 12.7 Å². The van der Waals surface area contributed by atoms with Crippen molar-refractivity contribution in [3.8, 4) is 0 Å². The van der Waals surface area contributed by atoms with Crippen LogP contribution in [0.25, 0.3) is 10.2 Å². The molecule has 0 aliphatic carbocycles. The summed E-state index contributed by atoms with van der Waals surface area (Å²) in [6.07, 6.45) is 1.49. The fraction of sp³-hybridized carbons (Fsp3) is 0.364. The first-order valence-corrected chi connectivity index (χ1v) is 11.7. The molecule has 0 spiro atoms. The van der Waals surface area contributed by atoms with Crippen molar-refractivity contribution in [1.29, 1.82) is 0 Å². The molecule has 4 nitrogen and oxygen atoms in total. The molecule has 1 aromatic heterocycles. The van der Waals surface area contributed by atoms with Gasteiger partial charge in [0.15, 0.2) is 5.13 Å². The number of carbonyl (C=O) groups is 1. The quantitative estimate of drug-likeness (QED) is 0.410. The Morgan fingerprint density at radius 1 is 1.14 bits per heavy atom. The molecule has 7 heteroatoms. The van der Waals surface area contributed by atoms with E-state index in [4.69, 9.17) is 0 Å². The first-order valence-electron chi connectivity index (χ1n) is 9.87. The predicted molar refractivity (Wildman–Crippen MR) is 120 cm³/mol. The van der Waals surface area contributed by atoms with Crippen molar-refractivity contribution in [2.45, 2.75) is 24.7 Å². The lowest BCUT2D eigenvalue weighted by molar-refractivity contribution is -0.131. The van der Waals surface area contributed by atoms with Gasteiger partial charge in [-0.25, -0.2) is 9.37 Å². The number of carbonyl (C=O) groups excluding carboxylic acids is 1. The normalized spacial score (nSPS) is 14.6. The van der Waals surface area contributed by atoms with Gasteiger partial charge in [0.2, 0.25) is 5.91 Å². The molecule has 2 heterocycles. The highest BCUT2D eigenvalue weighted by Crippen LogP contribution is 2.30. The van der Waals surface area contributed by atoms with Crippen molar-refractivity contribution in [2.24, 2.45) is 0 Å². The van der Waals surface area contributed by atoms with Crippen LogP contribution in [0.4, 0.5) is 9.52 Å². The van der Waals surface area contributed by atoms with Gasteiger partial charge in [0.05, 0.1) is 10.2 Å². The third kappa shape index (κ3) is 5.08. The maximum absolute atomic E-state index is 13.4. The molecule has 0 unspecified atom stereocenters. The van der Waals surface area contributed by atoms with E-state index >= 15 is 0 Å². The molecule has 0 radical (unpaired) electrons. The minimum absolute atomic E-state index is 0.233. The number of thiazole rings is 1. The molecule has 1 amide bonds. The van der Waals surface area contributed by atoms with E-state index in [2.05, 4.69) is 41.1 Å². The Kier molecular flexibility index (Phi) is 6.35. The fourth-order valence-corrected chi connectivity index (χ4v) is 5.27. The number of hydrogen-bond acceptors (Lipinski definition) is 5. The first kappa shape index (κ1) is 20.2. The average Bonchev–Trinajstić information content (AvgIpc) is 3.15. The molecule has 1 aliphatic rings. The predicted octanol–water partition coefficient (Wildman–Crippen LogP) is 4.96. The second kappa shape index (κ2) is 9.13. The lowest BCUT2D eigenvalue weighted by Gasteiger charge is -2.34. The number of hydrogen-bond donors (Lipinski definition) is 0. The van der Waals surface area contributed by atoms with Gasteiger partial charge in [0.1, 0.15) is 5.82 Å². The van der Waals surface area contributed by atoms with Crippen molar-refractivity contribution < 1.29 is 9.18 Å². The highest BCUT2D eigenvalue weighted by Gasteiger charge is 2.22. The molecule has 0 saturated carbocycles. The molecule has 4 rings (SSSR count). The van der Waals surface area contributed by atoms with Gasteiger partial charge < -0.3 is 9.80 Å². The van der Waals surface area contributed by atoms with Crippen LogP contribution in [0.5, 0.6) is 0 Å². The summed E-state index contributed by atoms with van der Waals surface area (Å²) in [7, 11) is 0. The smallest absolute Gasteiger partial charge is 0.222 e. The highest BCUT2D eigenvalue weighted by atomic mass is 32.2. The Bertz CT molecular complexity index is 981. The van der Waals surface area contributed by atoms with Crippen LogP contribution < -0.4 is 4.90 Å². The van der Waals surface area contributed by atoms with Crippen LogP contribution in [-0.4, -0.2) is 47.7 Å². The summed E-state index contributed by atoms with van der Waals surface area (Å²) in [4.78, 5) is 22.5. The largest absolute Gasteiger partial charge is 0.345 e. The van der Waals surface area contributed by atoms with Gasteiger partial charge in [0, 0.05) is 37.5 Å². The first-order chi connectivity index (χ1) is 14.1. The Labute approximate surface area is 178 Å². The van der Waals surface area contributed by atoms with Gasteiger partial charge in [-0.3, -0.25) is 4.79 Å². The topological polar surface area (TPSA) is 36.4 Å².